The summed E-state index contributed by atoms with van der Waals surface area (Å²) in [7, 11) is 0. The molecule has 5 amide bonds. The number of unbranched alkanes of at least 4 members (excludes halogenated alkanes) is 1. The molecule has 3 heterocycles. The number of hydrogen-bond donors (Lipinski definition) is 2. The van der Waals surface area contributed by atoms with E-state index in [4.69, 9.17) is 26.8 Å². The van der Waals surface area contributed by atoms with Gasteiger partial charge in [-0.15, -0.1) is 11.3 Å². The fraction of sp³-hybridized carbons (Fsp3) is 0.364. The van der Waals surface area contributed by atoms with Gasteiger partial charge in [-0.3, -0.25) is 29.0 Å². The van der Waals surface area contributed by atoms with Crippen molar-refractivity contribution in [2.75, 3.05) is 49.2 Å². The van der Waals surface area contributed by atoms with Crippen LogP contribution in [-0.2, 0) is 30.3 Å². The minimum atomic E-state index is -0.934. The molecule has 2 aromatic carbocycles. The first-order valence-corrected chi connectivity index (χ1v) is 16.6. The van der Waals surface area contributed by atoms with E-state index < -0.39 is 41.8 Å². The van der Waals surface area contributed by atoms with Crippen LogP contribution >= 0.6 is 22.9 Å². The molecule has 15 heteroatoms. The Bertz CT molecular complexity index is 1660. The van der Waals surface area contributed by atoms with E-state index in [9.17, 15) is 24.0 Å². The Morgan fingerprint density at radius 3 is 2.56 bits per heavy atom. The summed E-state index contributed by atoms with van der Waals surface area (Å²) in [6.07, 6.45) is -0.408. The lowest BCUT2D eigenvalue weighted by atomic mass is 10.1. The molecule has 2 saturated heterocycles. The van der Waals surface area contributed by atoms with Crippen molar-refractivity contribution in [2.24, 2.45) is 5.73 Å². The number of ether oxygens (including phenoxy) is 2. The Labute approximate surface area is 285 Å². The third kappa shape index (κ3) is 8.75. The van der Waals surface area contributed by atoms with Crippen molar-refractivity contribution < 1.29 is 37.8 Å². The highest BCUT2D eigenvalue weighted by atomic mass is 35.5. The molecule has 12 nitrogen and oxygen atoms in total. The van der Waals surface area contributed by atoms with Crippen molar-refractivity contribution in [3.05, 3.63) is 81.3 Å². The van der Waals surface area contributed by atoms with Gasteiger partial charge in [0.05, 0.1) is 40.6 Å². The normalized spacial score (nSPS) is 16.9. The van der Waals surface area contributed by atoms with Gasteiger partial charge in [-0.25, -0.2) is 9.18 Å². The molecule has 2 fully saturated rings. The number of nitrogens with two attached hydrogens (primary N) is 1. The number of thiophene rings is 1. The minimum absolute atomic E-state index is 0.00712. The number of morpholine rings is 1. The van der Waals surface area contributed by atoms with Gasteiger partial charge in [0.1, 0.15) is 18.5 Å². The molecule has 0 radical (unpaired) electrons. The van der Waals surface area contributed by atoms with Crippen LogP contribution < -0.4 is 20.9 Å². The third-order valence-corrected chi connectivity index (χ3v) is 9.16. The monoisotopic (exact) mass is 699 g/mol. The smallest absolute Gasteiger partial charge is 0.414 e. The second kappa shape index (κ2) is 16.2. The van der Waals surface area contributed by atoms with Gasteiger partial charge >= 0.3 is 6.09 Å². The number of nitrogens with zero attached hydrogens (tertiary/aromatic N) is 3. The minimum Gasteiger partial charge on any atom is -0.442 e. The topological polar surface area (TPSA) is 152 Å². The highest BCUT2D eigenvalue weighted by Gasteiger charge is 2.38. The number of amides is 5. The largest absolute Gasteiger partial charge is 0.442 e. The number of hydrogen-bond acceptors (Lipinski definition) is 9. The Morgan fingerprint density at radius 2 is 1.88 bits per heavy atom. The first kappa shape index (κ1) is 35.0. The van der Waals surface area contributed by atoms with E-state index >= 15 is 4.39 Å². The molecule has 0 saturated carbocycles. The zero-order valence-corrected chi connectivity index (χ0v) is 27.5. The van der Waals surface area contributed by atoms with E-state index in [1.54, 1.807) is 6.07 Å². The molecule has 48 heavy (non-hydrogen) atoms. The fourth-order valence-electron chi connectivity index (χ4n) is 5.49. The Balaban J connectivity index is 1.20. The summed E-state index contributed by atoms with van der Waals surface area (Å²) in [6, 6.07) is 16.0. The van der Waals surface area contributed by atoms with Crippen LogP contribution in [0.25, 0.3) is 0 Å². The van der Waals surface area contributed by atoms with Crippen LogP contribution in [0, 0.1) is 5.82 Å². The Morgan fingerprint density at radius 1 is 1.08 bits per heavy atom. The zero-order valence-electron chi connectivity index (χ0n) is 25.9. The Hall–Kier alpha value is -4.37. The van der Waals surface area contributed by atoms with E-state index in [1.807, 2.05) is 30.3 Å². The predicted octanol–water partition coefficient (Wildman–Crippen LogP) is 3.75. The highest BCUT2D eigenvalue weighted by Crippen LogP contribution is 2.30. The molecule has 254 valence electrons. The first-order valence-electron chi connectivity index (χ1n) is 15.4. The van der Waals surface area contributed by atoms with Crippen molar-refractivity contribution in [3.63, 3.8) is 0 Å². The van der Waals surface area contributed by atoms with Gasteiger partial charge in [0.2, 0.25) is 11.8 Å². The number of carbonyl (C=O) groups is 5. The number of carbonyl (C=O) groups excluding carboxylic acids is 5. The summed E-state index contributed by atoms with van der Waals surface area (Å²) < 4.78 is 26.2. The third-order valence-electron chi connectivity index (χ3n) is 7.94. The summed E-state index contributed by atoms with van der Waals surface area (Å²) in [5, 5.41) is 3.14. The molecule has 2 aliphatic heterocycles. The molecule has 1 aromatic heterocycles. The van der Waals surface area contributed by atoms with Gasteiger partial charge in [-0.05, 0) is 61.7 Å². The summed E-state index contributed by atoms with van der Waals surface area (Å²) in [4.78, 5) is 67.6. The number of nitrogens with one attached hydrogen (secondary N) is 1. The number of primary amides is 1. The number of benzene rings is 2. The molecule has 0 unspecified atom stereocenters. The number of halogens is 2. The van der Waals surface area contributed by atoms with E-state index in [1.165, 1.54) is 29.2 Å². The molecular weight excluding hydrogens is 665 g/mol. The average Bonchev–Trinajstić information content (AvgIpc) is 3.67. The molecule has 5 rings (SSSR count). The molecule has 3 N–H and O–H groups in total. The standard InChI is InChI=1S/C33H35ClFN5O7S/c34-28-12-11-27(48-28)32(44)40(29(41)8-4-5-13-37-25(31(36)43)16-21-6-2-1-3-7-21)19-23-18-39(33(45)47-23)26-10-9-22(17-24(26)35)38-14-15-46-20-30(38)42/h1-3,6-7,9-12,17,23,25,37H,4-5,8,13-16,18-20H2,(H2,36,43)/t23-,25+/m1/s1. The predicted molar refractivity (Wildman–Crippen MR) is 178 cm³/mol. The van der Waals surface area contributed by atoms with Crippen LogP contribution in [0.2, 0.25) is 4.34 Å². The molecule has 2 aliphatic rings. The number of anilines is 2. The van der Waals surface area contributed by atoms with Crippen LogP contribution in [0.4, 0.5) is 20.6 Å². The molecular formula is C33H35ClFN5O7S. The summed E-state index contributed by atoms with van der Waals surface area (Å²) in [5.74, 6) is -2.60. The molecule has 2 atom stereocenters. The zero-order chi connectivity index (χ0) is 34.2. The number of imide groups is 1. The van der Waals surface area contributed by atoms with Crippen molar-refractivity contribution in [1.29, 1.82) is 0 Å². The summed E-state index contributed by atoms with van der Waals surface area (Å²) in [6.45, 7) is 0.544. The van der Waals surface area contributed by atoms with Crippen molar-refractivity contribution in [2.45, 2.75) is 37.8 Å². The fourth-order valence-corrected chi connectivity index (χ4v) is 6.48. The van der Waals surface area contributed by atoms with Crippen LogP contribution in [0.15, 0.2) is 60.7 Å². The van der Waals surface area contributed by atoms with Crippen molar-refractivity contribution >= 4 is 64.0 Å². The van der Waals surface area contributed by atoms with Crippen LogP contribution in [0.3, 0.4) is 0 Å². The highest BCUT2D eigenvalue weighted by molar-refractivity contribution is 7.18. The van der Waals surface area contributed by atoms with Gasteiger partial charge in [0.25, 0.3) is 11.8 Å². The van der Waals surface area contributed by atoms with Gasteiger partial charge in [-0.2, -0.15) is 0 Å². The van der Waals surface area contributed by atoms with E-state index in [-0.39, 0.29) is 49.1 Å². The van der Waals surface area contributed by atoms with Crippen molar-refractivity contribution in [3.8, 4) is 0 Å². The maximum Gasteiger partial charge on any atom is 0.414 e. The lowest BCUT2D eigenvalue weighted by Crippen LogP contribution is -2.43. The Kier molecular flexibility index (Phi) is 11.8. The molecule has 0 bridgehead atoms. The molecule has 0 aliphatic carbocycles. The molecule has 3 aromatic rings. The maximum atomic E-state index is 15.3. The number of rotatable bonds is 14. The SMILES string of the molecule is NC(=O)[C@H](Cc1ccccc1)NCCCCC(=O)N(C[C@H]1CN(c2ccc(N3CCOCC3=O)cc2F)C(=O)O1)C(=O)c1ccc(Cl)s1. The van der Waals surface area contributed by atoms with Crippen LogP contribution in [0.1, 0.15) is 34.5 Å². The lowest BCUT2D eigenvalue weighted by Gasteiger charge is -2.27. The summed E-state index contributed by atoms with van der Waals surface area (Å²) >= 11 is 7.07. The van der Waals surface area contributed by atoms with Gasteiger partial charge in [0, 0.05) is 18.7 Å². The second-order valence-corrected chi connectivity index (χ2v) is 13.0. The second-order valence-electron chi connectivity index (χ2n) is 11.3. The first-order chi connectivity index (χ1) is 23.1. The van der Waals surface area contributed by atoms with E-state index in [0.29, 0.717) is 42.4 Å². The lowest BCUT2D eigenvalue weighted by molar-refractivity contribution is -0.129. The van der Waals surface area contributed by atoms with Gasteiger partial charge < -0.3 is 25.4 Å². The van der Waals surface area contributed by atoms with E-state index in [2.05, 4.69) is 5.32 Å². The quantitative estimate of drug-likeness (QED) is 0.242. The van der Waals surface area contributed by atoms with Crippen molar-refractivity contribution in [1.82, 2.24) is 10.2 Å². The number of cyclic esters (lactones) is 1. The molecule has 0 spiro atoms. The average molecular weight is 700 g/mol. The summed E-state index contributed by atoms with van der Waals surface area (Å²) in [5.41, 5.74) is 6.81. The van der Waals surface area contributed by atoms with Crippen LogP contribution in [0.5, 0.6) is 0 Å². The van der Waals surface area contributed by atoms with E-state index in [0.717, 1.165) is 26.7 Å². The maximum absolute atomic E-state index is 15.3. The van der Waals surface area contributed by atoms with Gasteiger partial charge in [-0.1, -0.05) is 41.9 Å². The van der Waals surface area contributed by atoms with Crippen LogP contribution in [-0.4, -0.2) is 86.2 Å². The van der Waals surface area contributed by atoms with Gasteiger partial charge in [0.15, 0.2) is 0 Å².